The molecular formula is C12H13F3N2O3. The molecule has 0 atom stereocenters. The van der Waals surface area contributed by atoms with Crippen LogP contribution in [0.3, 0.4) is 0 Å². The first-order valence-electron chi connectivity index (χ1n) is 5.53. The van der Waals surface area contributed by atoms with Crippen molar-refractivity contribution in [2.45, 2.75) is 6.18 Å². The lowest BCUT2D eigenvalue weighted by Crippen LogP contribution is -2.34. The number of hydrogen-bond donors (Lipinski definition) is 2. The summed E-state index contributed by atoms with van der Waals surface area (Å²) in [7, 11) is 2.69. The van der Waals surface area contributed by atoms with Gasteiger partial charge in [-0.25, -0.2) is 4.79 Å². The lowest BCUT2D eigenvalue weighted by atomic mass is 10.1. The molecule has 2 N–H and O–H groups in total. The average Bonchev–Trinajstić information content (AvgIpc) is 2.36. The van der Waals surface area contributed by atoms with Gasteiger partial charge >= 0.3 is 12.1 Å². The molecule has 1 rings (SSSR count). The number of amides is 1. The summed E-state index contributed by atoms with van der Waals surface area (Å²) in [5.74, 6) is -1.90. The molecule has 0 saturated heterocycles. The summed E-state index contributed by atoms with van der Waals surface area (Å²) >= 11 is 0. The van der Waals surface area contributed by atoms with Gasteiger partial charge in [0.2, 0.25) is 5.91 Å². The molecule has 20 heavy (non-hydrogen) atoms. The number of benzene rings is 1. The van der Waals surface area contributed by atoms with Crippen LogP contribution in [0.5, 0.6) is 0 Å². The third-order valence-electron chi connectivity index (χ3n) is 2.62. The summed E-state index contributed by atoms with van der Waals surface area (Å²) < 4.78 is 38.9. The van der Waals surface area contributed by atoms with E-state index in [0.29, 0.717) is 6.07 Å². The SMILES string of the molecule is CNC(=O)CN(C)c1ccc(C(=O)O)cc1C(F)(F)F. The monoisotopic (exact) mass is 290 g/mol. The lowest BCUT2D eigenvalue weighted by Gasteiger charge is -2.23. The van der Waals surface area contributed by atoms with Gasteiger partial charge in [0.1, 0.15) is 0 Å². The van der Waals surface area contributed by atoms with Crippen LogP contribution in [0.1, 0.15) is 15.9 Å². The Balaban J connectivity index is 3.25. The first kappa shape index (κ1) is 15.8. The molecule has 110 valence electrons. The standard InChI is InChI=1S/C12H13F3N2O3/c1-16-10(18)6-17(2)9-4-3-7(11(19)20)5-8(9)12(13,14)15/h3-5H,6H2,1-2H3,(H,16,18)(H,19,20). The van der Waals surface area contributed by atoms with Gasteiger partial charge in [0.05, 0.1) is 17.7 Å². The second kappa shape index (κ2) is 5.81. The highest BCUT2D eigenvalue weighted by Gasteiger charge is 2.35. The normalized spacial score (nSPS) is 11.1. The molecule has 0 fully saturated rings. The summed E-state index contributed by atoms with van der Waals surface area (Å²) in [6.07, 6.45) is -4.71. The fourth-order valence-corrected chi connectivity index (χ4v) is 1.61. The highest BCUT2D eigenvalue weighted by Crippen LogP contribution is 2.36. The maximum atomic E-state index is 13.0. The Bertz CT molecular complexity index is 529. The van der Waals surface area contributed by atoms with Crippen LogP contribution in [0.2, 0.25) is 0 Å². The van der Waals surface area contributed by atoms with Crippen molar-refractivity contribution in [2.24, 2.45) is 0 Å². The number of rotatable bonds is 4. The van der Waals surface area contributed by atoms with Crippen molar-refractivity contribution in [3.05, 3.63) is 29.3 Å². The van der Waals surface area contributed by atoms with Gasteiger partial charge in [0.15, 0.2) is 0 Å². The summed E-state index contributed by atoms with van der Waals surface area (Å²) in [5, 5.41) is 11.0. The molecule has 0 aromatic heterocycles. The second-order valence-corrected chi connectivity index (χ2v) is 4.06. The predicted molar refractivity (Wildman–Crippen MR) is 65.7 cm³/mol. The molecule has 0 aliphatic heterocycles. The van der Waals surface area contributed by atoms with E-state index >= 15 is 0 Å². The number of carboxylic acid groups (broad SMARTS) is 1. The van der Waals surface area contributed by atoms with Crippen LogP contribution in [-0.4, -0.2) is 37.6 Å². The molecule has 0 saturated carbocycles. The van der Waals surface area contributed by atoms with E-state index in [1.54, 1.807) is 0 Å². The van der Waals surface area contributed by atoms with E-state index in [9.17, 15) is 22.8 Å². The Morgan fingerprint density at radius 2 is 1.95 bits per heavy atom. The maximum Gasteiger partial charge on any atom is 0.418 e. The first-order valence-corrected chi connectivity index (χ1v) is 5.53. The highest BCUT2D eigenvalue weighted by molar-refractivity contribution is 5.89. The van der Waals surface area contributed by atoms with Crippen LogP contribution in [0.4, 0.5) is 18.9 Å². The molecule has 0 aliphatic rings. The van der Waals surface area contributed by atoms with Crippen LogP contribution in [0.25, 0.3) is 0 Å². The summed E-state index contributed by atoms with van der Waals surface area (Å²) in [6.45, 7) is -0.272. The Kier molecular flexibility index (Phi) is 4.59. The molecule has 0 spiro atoms. The van der Waals surface area contributed by atoms with Crippen molar-refractivity contribution in [1.29, 1.82) is 0 Å². The van der Waals surface area contributed by atoms with E-state index in [4.69, 9.17) is 5.11 Å². The predicted octanol–water partition coefficient (Wildman–Crippen LogP) is 1.59. The zero-order valence-electron chi connectivity index (χ0n) is 10.8. The molecule has 1 aromatic rings. The Labute approximate surface area is 113 Å². The smallest absolute Gasteiger partial charge is 0.418 e. The fourth-order valence-electron chi connectivity index (χ4n) is 1.61. The average molecular weight is 290 g/mol. The van der Waals surface area contributed by atoms with Crippen LogP contribution in [0, 0.1) is 0 Å². The van der Waals surface area contributed by atoms with E-state index in [-0.39, 0.29) is 12.2 Å². The molecule has 0 bridgehead atoms. The van der Waals surface area contributed by atoms with Gasteiger partial charge in [0, 0.05) is 19.8 Å². The first-order chi connectivity index (χ1) is 9.16. The third-order valence-corrected chi connectivity index (χ3v) is 2.62. The third kappa shape index (κ3) is 3.62. The van der Waals surface area contributed by atoms with Gasteiger partial charge in [-0.3, -0.25) is 4.79 Å². The number of halogens is 3. The Morgan fingerprint density at radius 3 is 2.40 bits per heavy atom. The molecule has 5 nitrogen and oxygen atoms in total. The maximum absolute atomic E-state index is 13.0. The van der Waals surface area contributed by atoms with Crippen molar-refractivity contribution in [1.82, 2.24) is 5.32 Å². The van der Waals surface area contributed by atoms with E-state index in [1.165, 1.54) is 14.1 Å². The van der Waals surface area contributed by atoms with Gasteiger partial charge in [-0.15, -0.1) is 0 Å². The quantitative estimate of drug-likeness (QED) is 0.883. The number of anilines is 1. The second-order valence-electron chi connectivity index (χ2n) is 4.06. The number of nitrogens with one attached hydrogen (secondary N) is 1. The Morgan fingerprint density at radius 1 is 1.35 bits per heavy atom. The molecule has 1 amide bonds. The minimum absolute atomic E-state index is 0.258. The van der Waals surface area contributed by atoms with Gasteiger partial charge in [-0.1, -0.05) is 0 Å². The highest BCUT2D eigenvalue weighted by atomic mass is 19.4. The van der Waals surface area contributed by atoms with E-state index in [1.807, 2.05) is 0 Å². The number of carbonyl (C=O) groups excluding carboxylic acids is 1. The van der Waals surface area contributed by atoms with E-state index < -0.39 is 29.2 Å². The molecule has 0 aliphatic carbocycles. The van der Waals surface area contributed by atoms with Crippen molar-refractivity contribution < 1.29 is 27.9 Å². The van der Waals surface area contributed by atoms with Crippen molar-refractivity contribution in [2.75, 3.05) is 25.5 Å². The fraction of sp³-hybridized carbons (Fsp3) is 0.333. The van der Waals surface area contributed by atoms with Crippen LogP contribution in [0.15, 0.2) is 18.2 Å². The number of aromatic carboxylic acids is 1. The molecule has 1 aromatic carbocycles. The number of hydrogen-bond acceptors (Lipinski definition) is 3. The van der Waals surface area contributed by atoms with Crippen LogP contribution in [-0.2, 0) is 11.0 Å². The molecule has 8 heteroatoms. The summed E-state index contributed by atoms with van der Waals surface area (Å²) in [6, 6.07) is 2.65. The van der Waals surface area contributed by atoms with E-state index in [2.05, 4.69) is 5.32 Å². The molecule has 0 unspecified atom stereocenters. The largest absolute Gasteiger partial charge is 0.478 e. The van der Waals surface area contributed by atoms with Crippen LogP contribution < -0.4 is 10.2 Å². The molecular weight excluding hydrogens is 277 g/mol. The summed E-state index contributed by atoms with van der Waals surface area (Å²) in [5.41, 5.74) is -1.82. The minimum atomic E-state index is -4.71. The zero-order valence-corrected chi connectivity index (χ0v) is 10.8. The topological polar surface area (TPSA) is 69.6 Å². The minimum Gasteiger partial charge on any atom is -0.478 e. The van der Waals surface area contributed by atoms with Gasteiger partial charge in [-0.05, 0) is 18.2 Å². The molecule has 0 heterocycles. The number of carboxylic acids is 1. The van der Waals surface area contributed by atoms with Crippen molar-refractivity contribution in [3.8, 4) is 0 Å². The zero-order chi connectivity index (χ0) is 15.5. The van der Waals surface area contributed by atoms with Crippen LogP contribution >= 0.6 is 0 Å². The number of carbonyl (C=O) groups is 2. The van der Waals surface area contributed by atoms with Gasteiger partial charge in [-0.2, -0.15) is 13.2 Å². The van der Waals surface area contributed by atoms with Crippen molar-refractivity contribution >= 4 is 17.6 Å². The van der Waals surface area contributed by atoms with E-state index in [0.717, 1.165) is 17.0 Å². The number of likely N-dealkylation sites (N-methyl/N-ethyl adjacent to an activating group) is 2. The summed E-state index contributed by atoms with van der Waals surface area (Å²) in [4.78, 5) is 23.0. The Hall–Kier alpha value is -2.25. The van der Waals surface area contributed by atoms with Crippen molar-refractivity contribution in [3.63, 3.8) is 0 Å². The van der Waals surface area contributed by atoms with Gasteiger partial charge < -0.3 is 15.3 Å². The number of nitrogens with zero attached hydrogens (tertiary/aromatic N) is 1. The molecule has 0 radical (unpaired) electrons. The van der Waals surface area contributed by atoms with Gasteiger partial charge in [0.25, 0.3) is 0 Å². The lowest BCUT2D eigenvalue weighted by molar-refractivity contribution is -0.137. The number of alkyl halides is 3.